The molecule has 1 aliphatic rings. The van der Waals surface area contributed by atoms with Gasteiger partial charge in [0.05, 0.1) is 0 Å². The van der Waals surface area contributed by atoms with Crippen molar-refractivity contribution in [1.82, 2.24) is 10.2 Å². The Hall–Kier alpha value is -2.04. The molecule has 0 unspecified atom stereocenters. The third-order valence-corrected chi connectivity index (χ3v) is 4.23. The lowest BCUT2D eigenvalue weighted by Gasteiger charge is -2.33. The third kappa shape index (κ3) is 5.25. The number of carbonyl (C=O) groups excluding carboxylic acids is 2. The summed E-state index contributed by atoms with van der Waals surface area (Å²) in [5.41, 5.74) is 1.47. The van der Waals surface area contributed by atoms with E-state index in [0.29, 0.717) is 11.5 Å². The molecule has 0 atom stereocenters. The molecular formula is C19H28N2O3. The zero-order chi connectivity index (χ0) is 17.7. The lowest BCUT2D eigenvalue weighted by atomic mass is 9.90. The molecule has 1 fully saturated rings. The summed E-state index contributed by atoms with van der Waals surface area (Å²) in [5.74, 6) is 0.502. The van der Waals surface area contributed by atoms with Crippen molar-refractivity contribution >= 4 is 12.0 Å². The fraction of sp³-hybridized carbons (Fsp3) is 0.579. The molecule has 1 heterocycles. The van der Waals surface area contributed by atoms with E-state index in [4.69, 9.17) is 4.74 Å². The van der Waals surface area contributed by atoms with Crippen molar-refractivity contribution in [2.75, 3.05) is 20.1 Å². The monoisotopic (exact) mass is 332 g/mol. The standard InChI is InChI=1S/C19H28N2O3/c1-19(2,3)24-18(23)21-11-9-15(10-12-21)13-14-5-7-16(8-6-14)17(22)20-4/h5-8,15H,9-13H2,1-4H3,(H,20,22). The molecule has 1 aromatic rings. The van der Waals surface area contributed by atoms with Gasteiger partial charge in [-0.2, -0.15) is 0 Å². The average molecular weight is 332 g/mol. The molecule has 1 saturated heterocycles. The molecule has 1 N–H and O–H groups in total. The van der Waals surface area contributed by atoms with Gasteiger partial charge >= 0.3 is 6.09 Å². The molecule has 24 heavy (non-hydrogen) atoms. The van der Waals surface area contributed by atoms with E-state index >= 15 is 0 Å². The summed E-state index contributed by atoms with van der Waals surface area (Å²) in [4.78, 5) is 25.4. The van der Waals surface area contributed by atoms with Gasteiger partial charge in [0.2, 0.25) is 0 Å². The number of likely N-dealkylation sites (tertiary alicyclic amines) is 1. The lowest BCUT2D eigenvalue weighted by molar-refractivity contribution is 0.0184. The van der Waals surface area contributed by atoms with Crippen molar-refractivity contribution in [3.63, 3.8) is 0 Å². The molecule has 2 rings (SSSR count). The van der Waals surface area contributed by atoms with Crippen LogP contribution in [0.25, 0.3) is 0 Å². The Bertz CT molecular complexity index is 567. The summed E-state index contributed by atoms with van der Waals surface area (Å²) in [7, 11) is 1.63. The van der Waals surface area contributed by atoms with E-state index in [2.05, 4.69) is 5.32 Å². The number of nitrogens with zero attached hydrogens (tertiary/aromatic N) is 1. The molecule has 0 bridgehead atoms. The Morgan fingerprint density at radius 3 is 2.25 bits per heavy atom. The van der Waals surface area contributed by atoms with Gasteiger partial charge in [0.1, 0.15) is 5.60 Å². The molecule has 0 spiro atoms. The minimum Gasteiger partial charge on any atom is -0.444 e. The zero-order valence-corrected chi connectivity index (χ0v) is 15.1. The molecule has 0 aliphatic carbocycles. The van der Waals surface area contributed by atoms with E-state index in [-0.39, 0.29) is 12.0 Å². The van der Waals surface area contributed by atoms with Crippen LogP contribution in [0, 0.1) is 5.92 Å². The average Bonchev–Trinajstić information content (AvgIpc) is 2.54. The second-order valence-electron chi connectivity index (χ2n) is 7.39. The second kappa shape index (κ2) is 7.69. The number of piperidine rings is 1. The highest BCUT2D eigenvalue weighted by Gasteiger charge is 2.26. The summed E-state index contributed by atoms with van der Waals surface area (Å²) in [6.45, 7) is 7.16. The largest absolute Gasteiger partial charge is 0.444 e. The quantitative estimate of drug-likeness (QED) is 0.924. The highest BCUT2D eigenvalue weighted by molar-refractivity contribution is 5.93. The van der Waals surface area contributed by atoms with Crippen LogP contribution >= 0.6 is 0 Å². The molecule has 1 aliphatic heterocycles. The van der Waals surface area contributed by atoms with Gasteiger partial charge in [0.15, 0.2) is 0 Å². The first-order valence-corrected chi connectivity index (χ1v) is 8.57. The van der Waals surface area contributed by atoms with Crippen molar-refractivity contribution in [3.8, 4) is 0 Å². The number of rotatable bonds is 3. The summed E-state index contributed by atoms with van der Waals surface area (Å²) >= 11 is 0. The lowest BCUT2D eigenvalue weighted by Crippen LogP contribution is -2.42. The van der Waals surface area contributed by atoms with E-state index in [1.165, 1.54) is 5.56 Å². The third-order valence-electron chi connectivity index (χ3n) is 4.23. The van der Waals surface area contributed by atoms with E-state index in [0.717, 1.165) is 32.4 Å². The molecule has 0 aromatic heterocycles. The molecule has 2 amide bonds. The number of hydrogen-bond donors (Lipinski definition) is 1. The van der Waals surface area contributed by atoms with Gasteiger partial charge in [0.25, 0.3) is 5.91 Å². The molecule has 0 radical (unpaired) electrons. The van der Waals surface area contributed by atoms with Crippen molar-refractivity contribution in [2.45, 2.75) is 45.6 Å². The maximum Gasteiger partial charge on any atom is 0.410 e. The van der Waals surface area contributed by atoms with Crippen LogP contribution in [0.3, 0.4) is 0 Å². The number of amides is 2. The summed E-state index contributed by atoms with van der Waals surface area (Å²) < 4.78 is 5.43. The Morgan fingerprint density at radius 2 is 1.75 bits per heavy atom. The Balaban J connectivity index is 1.82. The van der Waals surface area contributed by atoms with Gasteiger partial charge in [-0.1, -0.05) is 12.1 Å². The van der Waals surface area contributed by atoms with Crippen LogP contribution in [0.4, 0.5) is 4.79 Å². The normalized spacial score (nSPS) is 15.9. The molecule has 0 saturated carbocycles. The van der Waals surface area contributed by atoms with Crippen molar-refractivity contribution in [3.05, 3.63) is 35.4 Å². The first-order chi connectivity index (χ1) is 11.3. The highest BCUT2D eigenvalue weighted by atomic mass is 16.6. The van der Waals surface area contributed by atoms with E-state index < -0.39 is 5.60 Å². The number of hydrogen-bond acceptors (Lipinski definition) is 3. The van der Waals surface area contributed by atoms with Crippen molar-refractivity contribution in [1.29, 1.82) is 0 Å². The Labute approximate surface area is 144 Å². The van der Waals surface area contributed by atoms with E-state index in [9.17, 15) is 9.59 Å². The van der Waals surface area contributed by atoms with Crippen molar-refractivity contribution in [2.24, 2.45) is 5.92 Å². The van der Waals surface area contributed by atoms with Gasteiger partial charge in [-0.3, -0.25) is 4.79 Å². The predicted molar refractivity (Wildman–Crippen MR) is 94.1 cm³/mol. The first-order valence-electron chi connectivity index (χ1n) is 8.57. The maximum atomic E-state index is 12.1. The van der Waals surface area contributed by atoms with Crippen LogP contribution in [-0.4, -0.2) is 42.6 Å². The Kier molecular flexibility index (Phi) is 5.86. The predicted octanol–water partition coefficient (Wildman–Crippen LogP) is 3.24. The minimum absolute atomic E-state index is 0.0628. The number of benzene rings is 1. The molecule has 132 valence electrons. The highest BCUT2D eigenvalue weighted by Crippen LogP contribution is 2.23. The van der Waals surface area contributed by atoms with Crippen LogP contribution in [0.2, 0.25) is 0 Å². The van der Waals surface area contributed by atoms with Crippen LogP contribution in [0.1, 0.15) is 49.5 Å². The van der Waals surface area contributed by atoms with Gasteiger partial charge in [0, 0.05) is 25.7 Å². The zero-order valence-electron chi connectivity index (χ0n) is 15.1. The van der Waals surface area contributed by atoms with Crippen LogP contribution in [0.5, 0.6) is 0 Å². The topological polar surface area (TPSA) is 58.6 Å². The molecule has 5 nitrogen and oxygen atoms in total. The maximum absolute atomic E-state index is 12.1. The summed E-state index contributed by atoms with van der Waals surface area (Å²) in [6.07, 6.45) is 2.74. The minimum atomic E-state index is -0.444. The van der Waals surface area contributed by atoms with Gasteiger partial charge < -0.3 is 15.0 Å². The summed E-state index contributed by atoms with van der Waals surface area (Å²) in [6, 6.07) is 7.77. The number of ether oxygens (including phenoxy) is 1. The first kappa shape index (κ1) is 18.3. The van der Waals surface area contributed by atoms with Crippen molar-refractivity contribution < 1.29 is 14.3 Å². The SMILES string of the molecule is CNC(=O)c1ccc(CC2CCN(C(=O)OC(C)(C)C)CC2)cc1. The Morgan fingerprint density at radius 1 is 1.17 bits per heavy atom. The summed E-state index contributed by atoms with van der Waals surface area (Å²) in [5, 5.41) is 2.63. The molecule has 1 aromatic carbocycles. The van der Waals surface area contributed by atoms with Crippen LogP contribution in [0.15, 0.2) is 24.3 Å². The van der Waals surface area contributed by atoms with E-state index in [1.54, 1.807) is 11.9 Å². The fourth-order valence-corrected chi connectivity index (χ4v) is 2.92. The van der Waals surface area contributed by atoms with E-state index in [1.807, 2.05) is 45.0 Å². The van der Waals surface area contributed by atoms with Crippen LogP contribution < -0.4 is 5.32 Å². The molecular weight excluding hydrogens is 304 g/mol. The smallest absolute Gasteiger partial charge is 0.410 e. The van der Waals surface area contributed by atoms with Gasteiger partial charge in [-0.05, 0) is 63.6 Å². The van der Waals surface area contributed by atoms with Crippen LogP contribution in [-0.2, 0) is 11.2 Å². The number of carbonyl (C=O) groups is 2. The fourth-order valence-electron chi connectivity index (χ4n) is 2.92. The van der Waals surface area contributed by atoms with Gasteiger partial charge in [-0.25, -0.2) is 4.79 Å². The molecule has 5 heteroatoms. The van der Waals surface area contributed by atoms with Gasteiger partial charge in [-0.15, -0.1) is 0 Å². The number of nitrogens with one attached hydrogen (secondary N) is 1. The second-order valence-corrected chi connectivity index (χ2v) is 7.39.